The molecule has 9 nitrogen and oxygen atoms in total. The Labute approximate surface area is 155 Å². The summed E-state index contributed by atoms with van der Waals surface area (Å²) >= 11 is 1.79. The van der Waals surface area contributed by atoms with Gasteiger partial charge in [-0.25, -0.2) is 9.18 Å². The van der Waals surface area contributed by atoms with Gasteiger partial charge in [0.1, 0.15) is 11.4 Å². The Hall–Kier alpha value is -1.70. The zero-order valence-corrected chi connectivity index (χ0v) is 15.3. The molecule has 3 N–H and O–H groups in total. The number of thiophene rings is 1. The molecule has 3 heterocycles. The molecule has 13 heteroatoms. The smallest absolute Gasteiger partial charge is 0.344 e. The van der Waals surface area contributed by atoms with Gasteiger partial charge in [-0.1, -0.05) is 6.07 Å². The highest BCUT2D eigenvalue weighted by Crippen LogP contribution is 2.40. The van der Waals surface area contributed by atoms with Crippen LogP contribution < -0.4 is 5.32 Å². The van der Waals surface area contributed by atoms with Crippen LogP contribution in [0.5, 0.6) is 0 Å². The van der Waals surface area contributed by atoms with Crippen LogP contribution in [0.15, 0.2) is 17.5 Å². The van der Waals surface area contributed by atoms with Gasteiger partial charge in [-0.3, -0.25) is 14.1 Å². The first kappa shape index (κ1) is 19.1. The van der Waals surface area contributed by atoms with E-state index in [0.29, 0.717) is 0 Å². The van der Waals surface area contributed by atoms with Crippen molar-refractivity contribution in [2.45, 2.75) is 22.3 Å². The molecule has 1 aromatic heterocycles. The number of hydrogen-bond donors (Lipinski definition) is 3. The molecule has 0 saturated carbocycles. The Morgan fingerprint density at radius 1 is 1.46 bits per heavy atom. The van der Waals surface area contributed by atoms with Crippen molar-refractivity contribution >= 4 is 51.0 Å². The molecule has 2 fully saturated rings. The second-order valence-corrected chi connectivity index (χ2v) is 9.42. The van der Waals surface area contributed by atoms with Crippen molar-refractivity contribution in [1.29, 1.82) is 0 Å². The summed E-state index contributed by atoms with van der Waals surface area (Å²) in [5.74, 6) is -3.87. The van der Waals surface area contributed by atoms with E-state index in [0.717, 1.165) is 28.0 Å². The number of hydrogen-bond acceptors (Lipinski definition) is 7. The minimum Gasteiger partial charge on any atom is -0.479 e. The summed E-state index contributed by atoms with van der Waals surface area (Å²) in [6.45, 7) is -0.641. The Morgan fingerprint density at radius 3 is 2.69 bits per heavy atom. The normalized spacial score (nSPS) is 29.5. The second kappa shape index (κ2) is 6.48. The number of nitrogens with one attached hydrogen (secondary N) is 1. The van der Waals surface area contributed by atoms with Gasteiger partial charge in [0.15, 0.2) is 5.25 Å². The number of carboxylic acid groups (broad SMARTS) is 1. The maximum atomic E-state index is 14.2. The Kier molecular flexibility index (Phi) is 4.75. The fraction of sp³-hybridized carbons (Fsp3) is 0.462. The number of β-lactam (4-membered cyclic amide) rings is 1. The first-order chi connectivity index (χ1) is 12.0. The average Bonchev–Trinajstić information content (AvgIpc) is 3.05. The molecule has 3 unspecified atom stereocenters. The van der Waals surface area contributed by atoms with Crippen LogP contribution in [0.2, 0.25) is 0 Å². The summed E-state index contributed by atoms with van der Waals surface area (Å²) in [4.78, 5) is 36.5. The molecule has 4 atom stereocenters. The number of carboxylic acids is 1. The van der Waals surface area contributed by atoms with Crippen molar-refractivity contribution in [3.05, 3.63) is 22.4 Å². The Morgan fingerprint density at radius 2 is 2.15 bits per heavy atom. The fourth-order valence-electron chi connectivity index (χ4n) is 2.75. The molecule has 26 heavy (non-hydrogen) atoms. The minimum atomic E-state index is -4.76. The quantitative estimate of drug-likeness (QED) is 0.438. The lowest BCUT2D eigenvalue weighted by atomic mass is 10.0. The van der Waals surface area contributed by atoms with Crippen molar-refractivity contribution in [2.75, 3.05) is 12.3 Å². The highest BCUT2D eigenvalue weighted by atomic mass is 32.2. The molecular formula is C13H13FN2O7S3. The molecule has 0 radical (unpaired) electrons. The lowest BCUT2D eigenvalue weighted by molar-refractivity contribution is -0.160. The highest BCUT2D eigenvalue weighted by Gasteiger charge is 2.58. The van der Waals surface area contributed by atoms with Crippen LogP contribution in [-0.2, 0) is 24.5 Å². The number of halogens is 1. The van der Waals surface area contributed by atoms with E-state index in [1.54, 1.807) is 0 Å². The molecule has 2 aliphatic heterocycles. The standard InChI is InChI=1S/C13H13FN2O7S3/c14-13(12(19)20)4-16-10(18)7(11(16)25-5-13)15-9(17)8(26(21,22)23)6-2-1-3-24-6/h1-3,7-8,11H,4-5H2,(H,15,17)(H,19,20)(H,21,22,23)/t7?,8?,11-,13?/m1/s1. The number of thioether (sulfide) groups is 1. The zero-order chi connectivity index (χ0) is 19.3. The van der Waals surface area contributed by atoms with E-state index < -0.39 is 62.5 Å². The fourth-order valence-corrected chi connectivity index (χ4v) is 6.08. The number of rotatable bonds is 5. The summed E-state index contributed by atoms with van der Waals surface area (Å²) in [5.41, 5.74) is -2.57. The summed E-state index contributed by atoms with van der Waals surface area (Å²) in [6.07, 6.45) is 0. The molecule has 0 bridgehead atoms. The molecule has 142 valence electrons. The molecule has 3 rings (SSSR count). The number of amides is 2. The van der Waals surface area contributed by atoms with Crippen molar-refractivity contribution in [3.63, 3.8) is 0 Å². The van der Waals surface area contributed by atoms with Crippen LogP contribution in [0.4, 0.5) is 4.39 Å². The predicted octanol–water partition coefficient (Wildman–Crippen LogP) is -0.130. The van der Waals surface area contributed by atoms with Gasteiger partial charge in [0, 0.05) is 10.6 Å². The Balaban J connectivity index is 1.73. The van der Waals surface area contributed by atoms with Gasteiger partial charge in [-0.2, -0.15) is 8.42 Å². The maximum Gasteiger partial charge on any atom is 0.344 e. The van der Waals surface area contributed by atoms with E-state index in [4.69, 9.17) is 5.11 Å². The van der Waals surface area contributed by atoms with Crippen LogP contribution in [0, 0.1) is 0 Å². The van der Waals surface area contributed by atoms with Gasteiger partial charge in [0.25, 0.3) is 10.1 Å². The third-order valence-electron chi connectivity index (χ3n) is 4.06. The lowest BCUT2D eigenvalue weighted by Crippen LogP contribution is -2.74. The Bertz CT molecular complexity index is 859. The number of carbonyl (C=O) groups is 3. The largest absolute Gasteiger partial charge is 0.479 e. The summed E-state index contributed by atoms with van der Waals surface area (Å²) < 4.78 is 46.7. The summed E-state index contributed by atoms with van der Waals surface area (Å²) in [6, 6.07) is 1.75. The van der Waals surface area contributed by atoms with Crippen molar-refractivity contribution < 1.29 is 36.9 Å². The monoisotopic (exact) mass is 424 g/mol. The third-order valence-corrected chi connectivity index (χ3v) is 7.71. The van der Waals surface area contributed by atoms with Crippen LogP contribution in [0.1, 0.15) is 10.1 Å². The first-order valence-corrected chi connectivity index (χ1v) is 10.6. The van der Waals surface area contributed by atoms with Gasteiger partial charge in [0.2, 0.25) is 17.5 Å². The highest BCUT2D eigenvalue weighted by molar-refractivity contribution is 8.00. The molecule has 0 aromatic carbocycles. The first-order valence-electron chi connectivity index (χ1n) is 7.19. The predicted molar refractivity (Wildman–Crippen MR) is 90.0 cm³/mol. The van der Waals surface area contributed by atoms with Gasteiger partial charge in [-0.15, -0.1) is 23.1 Å². The number of alkyl halides is 1. The zero-order valence-electron chi connectivity index (χ0n) is 12.9. The van der Waals surface area contributed by atoms with Gasteiger partial charge >= 0.3 is 5.97 Å². The molecule has 2 aliphatic rings. The van der Waals surface area contributed by atoms with E-state index in [1.165, 1.54) is 17.5 Å². The number of fused-ring (bicyclic) bond motifs is 1. The molecule has 2 amide bonds. The topological polar surface area (TPSA) is 141 Å². The van der Waals surface area contributed by atoms with Crippen molar-refractivity contribution in [2.24, 2.45) is 0 Å². The second-order valence-electron chi connectivity index (χ2n) is 5.83. The minimum absolute atomic E-state index is 0.0820. The van der Waals surface area contributed by atoms with Crippen LogP contribution in [-0.4, -0.2) is 70.1 Å². The third kappa shape index (κ3) is 3.19. The van der Waals surface area contributed by atoms with Crippen molar-refractivity contribution in [3.8, 4) is 0 Å². The molecule has 0 spiro atoms. The number of nitrogens with zero attached hydrogens (tertiary/aromatic N) is 1. The molecule has 0 aliphatic carbocycles. The molecule has 1 aromatic rings. The molecule has 2 saturated heterocycles. The van der Waals surface area contributed by atoms with E-state index in [9.17, 15) is 31.7 Å². The van der Waals surface area contributed by atoms with Gasteiger partial charge < -0.3 is 15.3 Å². The van der Waals surface area contributed by atoms with Gasteiger partial charge in [-0.05, 0) is 11.4 Å². The van der Waals surface area contributed by atoms with E-state index in [1.807, 2.05) is 0 Å². The average molecular weight is 424 g/mol. The van der Waals surface area contributed by atoms with Crippen LogP contribution in [0.3, 0.4) is 0 Å². The van der Waals surface area contributed by atoms with Crippen LogP contribution >= 0.6 is 23.1 Å². The lowest BCUT2D eigenvalue weighted by Gasteiger charge is -2.51. The van der Waals surface area contributed by atoms with E-state index in [2.05, 4.69) is 5.32 Å². The number of carbonyl (C=O) groups excluding carboxylic acids is 2. The SMILES string of the molecule is O=C(NC1C(=O)N2CC(F)(C(=O)O)CS[C@H]12)C(c1cccs1)S(=O)(=O)O. The summed E-state index contributed by atoms with van der Waals surface area (Å²) in [5, 5.41) is 10.1. The summed E-state index contributed by atoms with van der Waals surface area (Å²) in [7, 11) is -4.76. The molecular weight excluding hydrogens is 411 g/mol. The van der Waals surface area contributed by atoms with E-state index in [-0.39, 0.29) is 4.88 Å². The van der Waals surface area contributed by atoms with Crippen LogP contribution in [0.25, 0.3) is 0 Å². The van der Waals surface area contributed by atoms with Gasteiger partial charge in [0.05, 0.1) is 6.54 Å². The van der Waals surface area contributed by atoms with E-state index >= 15 is 0 Å². The number of aliphatic carboxylic acids is 1. The maximum absolute atomic E-state index is 14.2. The van der Waals surface area contributed by atoms with Crippen molar-refractivity contribution in [1.82, 2.24) is 10.2 Å².